The minimum Gasteiger partial charge on any atom is -0.316 e. The van der Waals surface area contributed by atoms with Crippen molar-refractivity contribution in [2.45, 2.75) is 38.8 Å². The van der Waals surface area contributed by atoms with Crippen molar-refractivity contribution in [3.05, 3.63) is 52.8 Å². The number of hydrogen-bond donors (Lipinski definition) is 1. The van der Waals surface area contributed by atoms with E-state index in [0.29, 0.717) is 12.1 Å². The summed E-state index contributed by atoms with van der Waals surface area (Å²) in [5.41, 5.74) is 2.29. The number of rotatable bonds is 6. The molecule has 20 heavy (non-hydrogen) atoms. The second kappa shape index (κ2) is 6.91. The fourth-order valence-corrected chi connectivity index (χ4v) is 2.44. The van der Waals surface area contributed by atoms with E-state index in [-0.39, 0.29) is 0 Å². The van der Waals surface area contributed by atoms with Crippen LogP contribution in [0.15, 0.2) is 36.5 Å². The smallest absolute Gasteiger partial charge is 0.0640 e. The number of halogens is 1. The summed E-state index contributed by atoms with van der Waals surface area (Å²) in [5.74, 6) is 0. The molecule has 2 rings (SSSR count). The van der Waals surface area contributed by atoms with Gasteiger partial charge in [0.05, 0.1) is 5.69 Å². The number of benzene rings is 1. The highest BCUT2D eigenvalue weighted by atomic mass is 35.5. The summed E-state index contributed by atoms with van der Waals surface area (Å²) in [6, 6.07) is 10.9. The van der Waals surface area contributed by atoms with E-state index in [1.807, 2.05) is 36.1 Å². The van der Waals surface area contributed by atoms with Crippen LogP contribution in [0.3, 0.4) is 0 Å². The molecule has 1 aromatic heterocycles. The van der Waals surface area contributed by atoms with E-state index in [0.717, 1.165) is 23.6 Å². The van der Waals surface area contributed by atoms with Crippen LogP contribution in [-0.4, -0.2) is 22.9 Å². The second-order valence-corrected chi connectivity index (χ2v) is 5.77. The number of likely N-dealkylation sites (N-methyl/N-ethyl adjacent to an activating group) is 1. The molecule has 0 aliphatic rings. The van der Waals surface area contributed by atoms with Crippen molar-refractivity contribution in [3.8, 4) is 0 Å². The van der Waals surface area contributed by atoms with E-state index < -0.39 is 0 Å². The molecule has 0 bridgehead atoms. The Morgan fingerprint density at radius 3 is 2.55 bits per heavy atom. The van der Waals surface area contributed by atoms with E-state index in [9.17, 15) is 0 Å². The Kier molecular flexibility index (Phi) is 5.21. The van der Waals surface area contributed by atoms with Crippen molar-refractivity contribution in [2.24, 2.45) is 0 Å². The molecule has 1 atom stereocenters. The van der Waals surface area contributed by atoms with Gasteiger partial charge in [0.15, 0.2) is 0 Å². The molecule has 0 radical (unpaired) electrons. The van der Waals surface area contributed by atoms with Crippen LogP contribution < -0.4 is 5.32 Å². The lowest BCUT2D eigenvalue weighted by atomic mass is 10.0. The number of hydrogen-bond acceptors (Lipinski definition) is 2. The zero-order valence-electron chi connectivity index (χ0n) is 12.3. The van der Waals surface area contributed by atoms with Gasteiger partial charge in [0.25, 0.3) is 0 Å². The van der Waals surface area contributed by atoms with E-state index >= 15 is 0 Å². The summed E-state index contributed by atoms with van der Waals surface area (Å²) < 4.78 is 2.00. The molecule has 3 nitrogen and oxygen atoms in total. The second-order valence-electron chi connectivity index (χ2n) is 5.37. The van der Waals surface area contributed by atoms with E-state index in [4.69, 9.17) is 11.6 Å². The third kappa shape index (κ3) is 3.84. The van der Waals surface area contributed by atoms with Crippen molar-refractivity contribution in [1.29, 1.82) is 0 Å². The Morgan fingerprint density at radius 2 is 1.95 bits per heavy atom. The van der Waals surface area contributed by atoms with E-state index in [1.165, 1.54) is 5.56 Å². The van der Waals surface area contributed by atoms with Gasteiger partial charge in [-0.05, 0) is 45.0 Å². The van der Waals surface area contributed by atoms with Crippen LogP contribution in [0.2, 0.25) is 5.02 Å². The SMILES string of the molecule is CNC(Cc1ccn(C(C)C)n1)Cc1ccccc1Cl. The van der Waals surface area contributed by atoms with Gasteiger partial charge in [-0.1, -0.05) is 29.8 Å². The predicted molar refractivity (Wildman–Crippen MR) is 84.3 cm³/mol. The van der Waals surface area contributed by atoms with Crippen molar-refractivity contribution in [2.75, 3.05) is 7.05 Å². The number of aromatic nitrogens is 2. The summed E-state index contributed by atoms with van der Waals surface area (Å²) >= 11 is 6.23. The van der Waals surface area contributed by atoms with Gasteiger partial charge in [0.2, 0.25) is 0 Å². The summed E-state index contributed by atoms with van der Waals surface area (Å²) in [6.45, 7) is 4.27. The lowest BCUT2D eigenvalue weighted by Crippen LogP contribution is -2.30. The average Bonchev–Trinajstić information content (AvgIpc) is 2.89. The zero-order valence-corrected chi connectivity index (χ0v) is 13.1. The first-order chi connectivity index (χ1) is 9.60. The molecular formula is C16H22ClN3. The molecule has 0 saturated heterocycles. The molecule has 108 valence electrons. The average molecular weight is 292 g/mol. The summed E-state index contributed by atoms with van der Waals surface area (Å²) in [7, 11) is 1.99. The predicted octanol–water partition coefficient (Wildman–Crippen LogP) is 3.49. The Morgan fingerprint density at radius 1 is 1.20 bits per heavy atom. The Balaban J connectivity index is 2.03. The van der Waals surface area contributed by atoms with Crippen molar-refractivity contribution in [3.63, 3.8) is 0 Å². The fourth-order valence-electron chi connectivity index (χ4n) is 2.23. The minimum absolute atomic E-state index is 0.338. The van der Waals surface area contributed by atoms with Gasteiger partial charge < -0.3 is 5.32 Å². The molecule has 0 fully saturated rings. The largest absolute Gasteiger partial charge is 0.316 e. The van der Waals surface area contributed by atoms with Gasteiger partial charge in [0, 0.05) is 29.7 Å². The van der Waals surface area contributed by atoms with Crippen LogP contribution in [0.1, 0.15) is 31.1 Å². The zero-order chi connectivity index (χ0) is 14.5. The molecule has 0 aliphatic carbocycles. The Bertz CT molecular complexity index is 548. The van der Waals surface area contributed by atoms with Gasteiger partial charge in [-0.15, -0.1) is 0 Å². The Hall–Kier alpha value is -1.32. The molecular weight excluding hydrogens is 270 g/mol. The molecule has 0 spiro atoms. The normalized spacial score (nSPS) is 12.8. The topological polar surface area (TPSA) is 29.9 Å². The number of nitrogens with zero attached hydrogens (tertiary/aromatic N) is 2. The molecule has 1 unspecified atom stereocenters. The van der Waals surface area contributed by atoms with Crippen LogP contribution in [0.4, 0.5) is 0 Å². The van der Waals surface area contributed by atoms with Crippen LogP contribution in [-0.2, 0) is 12.8 Å². The number of nitrogens with one attached hydrogen (secondary N) is 1. The summed E-state index contributed by atoms with van der Waals surface area (Å²) in [5, 5.41) is 8.80. The lowest BCUT2D eigenvalue weighted by molar-refractivity contribution is 0.508. The van der Waals surface area contributed by atoms with Gasteiger partial charge in [-0.2, -0.15) is 5.10 Å². The highest BCUT2D eigenvalue weighted by molar-refractivity contribution is 6.31. The maximum atomic E-state index is 6.23. The molecule has 0 amide bonds. The minimum atomic E-state index is 0.338. The van der Waals surface area contributed by atoms with Crippen molar-refractivity contribution in [1.82, 2.24) is 15.1 Å². The maximum Gasteiger partial charge on any atom is 0.0640 e. The molecule has 1 N–H and O–H groups in total. The third-order valence-electron chi connectivity index (χ3n) is 3.48. The molecule has 0 aliphatic heterocycles. The van der Waals surface area contributed by atoms with Crippen molar-refractivity contribution >= 4 is 11.6 Å². The highest BCUT2D eigenvalue weighted by Crippen LogP contribution is 2.18. The maximum absolute atomic E-state index is 6.23. The molecule has 0 saturated carbocycles. The van der Waals surface area contributed by atoms with Crippen LogP contribution in [0.25, 0.3) is 0 Å². The lowest BCUT2D eigenvalue weighted by Gasteiger charge is -2.16. The molecule has 4 heteroatoms. The first-order valence-electron chi connectivity index (χ1n) is 7.05. The highest BCUT2D eigenvalue weighted by Gasteiger charge is 2.12. The first-order valence-corrected chi connectivity index (χ1v) is 7.42. The standard InChI is InChI=1S/C16H22ClN3/c1-12(2)20-9-8-14(19-20)11-15(18-3)10-13-6-4-5-7-16(13)17/h4-9,12,15,18H,10-11H2,1-3H3. The quantitative estimate of drug-likeness (QED) is 0.883. The molecule has 1 heterocycles. The van der Waals surface area contributed by atoms with Gasteiger partial charge in [0.1, 0.15) is 0 Å². The van der Waals surface area contributed by atoms with Crippen LogP contribution in [0, 0.1) is 0 Å². The van der Waals surface area contributed by atoms with Gasteiger partial charge in [-0.25, -0.2) is 0 Å². The van der Waals surface area contributed by atoms with E-state index in [2.05, 4.69) is 36.4 Å². The Labute approximate surface area is 126 Å². The van der Waals surface area contributed by atoms with E-state index in [1.54, 1.807) is 0 Å². The third-order valence-corrected chi connectivity index (χ3v) is 3.85. The molecule has 2 aromatic rings. The fraction of sp³-hybridized carbons (Fsp3) is 0.438. The monoisotopic (exact) mass is 291 g/mol. The first kappa shape index (κ1) is 15.1. The van der Waals surface area contributed by atoms with Crippen molar-refractivity contribution < 1.29 is 0 Å². The summed E-state index contributed by atoms with van der Waals surface area (Å²) in [6.07, 6.45) is 3.86. The van der Waals surface area contributed by atoms with Crippen LogP contribution >= 0.6 is 11.6 Å². The van der Waals surface area contributed by atoms with Gasteiger partial charge >= 0.3 is 0 Å². The molecule has 1 aromatic carbocycles. The van der Waals surface area contributed by atoms with Crippen LogP contribution in [0.5, 0.6) is 0 Å². The summed E-state index contributed by atoms with van der Waals surface area (Å²) in [4.78, 5) is 0. The van der Waals surface area contributed by atoms with Gasteiger partial charge in [-0.3, -0.25) is 4.68 Å².